The van der Waals surface area contributed by atoms with Crippen molar-refractivity contribution in [1.29, 1.82) is 0 Å². The molecule has 2 N–H and O–H groups in total. The molecule has 0 radical (unpaired) electrons. The summed E-state index contributed by atoms with van der Waals surface area (Å²) in [5.41, 5.74) is 1.90. The first-order valence-corrected chi connectivity index (χ1v) is 6.66. The Kier molecular flexibility index (Phi) is 4.19. The van der Waals surface area contributed by atoms with Gasteiger partial charge in [0.1, 0.15) is 11.6 Å². The number of pyridine rings is 1. The van der Waals surface area contributed by atoms with Crippen LogP contribution in [-0.4, -0.2) is 17.0 Å². The van der Waals surface area contributed by atoms with E-state index in [1.807, 2.05) is 25.1 Å². The lowest BCUT2D eigenvalue weighted by Crippen LogP contribution is -2.00. The molecule has 104 valence electrons. The molecular weight excluding hydrogens is 324 g/mol. The van der Waals surface area contributed by atoms with Gasteiger partial charge in [-0.15, -0.1) is 0 Å². The number of aryl methyl sites for hydroxylation is 1. The van der Waals surface area contributed by atoms with Crippen molar-refractivity contribution >= 4 is 38.9 Å². The van der Waals surface area contributed by atoms with Gasteiger partial charge < -0.3 is 10.6 Å². The van der Waals surface area contributed by atoms with Crippen LogP contribution in [0, 0.1) is 17.0 Å². The van der Waals surface area contributed by atoms with Crippen molar-refractivity contribution in [2.45, 2.75) is 6.92 Å². The van der Waals surface area contributed by atoms with Crippen LogP contribution < -0.4 is 10.6 Å². The average molecular weight is 337 g/mol. The molecule has 0 unspecified atom stereocenters. The second-order valence-corrected chi connectivity index (χ2v) is 5.05. The zero-order chi connectivity index (χ0) is 14.7. The van der Waals surface area contributed by atoms with E-state index >= 15 is 0 Å². The molecule has 1 aromatic heterocycles. The lowest BCUT2D eigenvalue weighted by molar-refractivity contribution is -0.384. The van der Waals surface area contributed by atoms with E-state index in [4.69, 9.17) is 0 Å². The molecule has 0 fully saturated rings. The van der Waals surface area contributed by atoms with Crippen molar-refractivity contribution in [2.75, 3.05) is 17.7 Å². The van der Waals surface area contributed by atoms with Crippen LogP contribution >= 0.6 is 15.9 Å². The summed E-state index contributed by atoms with van der Waals surface area (Å²) < 4.78 is 0.960. The highest BCUT2D eigenvalue weighted by atomic mass is 79.9. The minimum atomic E-state index is -0.446. The zero-order valence-corrected chi connectivity index (χ0v) is 12.6. The van der Waals surface area contributed by atoms with E-state index in [2.05, 4.69) is 31.5 Å². The minimum Gasteiger partial charge on any atom is -0.373 e. The maximum absolute atomic E-state index is 10.9. The topological polar surface area (TPSA) is 80.1 Å². The van der Waals surface area contributed by atoms with Gasteiger partial charge in [0, 0.05) is 17.2 Å². The van der Waals surface area contributed by atoms with Gasteiger partial charge in [-0.3, -0.25) is 10.1 Å². The molecule has 20 heavy (non-hydrogen) atoms. The van der Waals surface area contributed by atoms with Crippen LogP contribution in [0.2, 0.25) is 0 Å². The highest BCUT2D eigenvalue weighted by molar-refractivity contribution is 9.10. The van der Waals surface area contributed by atoms with Gasteiger partial charge in [0.25, 0.3) is 5.69 Å². The van der Waals surface area contributed by atoms with E-state index in [1.165, 1.54) is 12.1 Å². The molecule has 0 bridgehead atoms. The van der Waals surface area contributed by atoms with Crippen molar-refractivity contribution < 1.29 is 4.92 Å². The number of nitrogens with one attached hydrogen (secondary N) is 2. The Morgan fingerprint density at radius 2 is 1.95 bits per heavy atom. The van der Waals surface area contributed by atoms with Crippen molar-refractivity contribution in [2.24, 2.45) is 0 Å². The molecule has 2 aromatic rings. The van der Waals surface area contributed by atoms with E-state index in [-0.39, 0.29) is 5.69 Å². The predicted octanol–water partition coefficient (Wildman–Crippen LogP) is 3.85. The third-order valence-corrected chi connectivity index (χ3v) is 3.58. The number of halogens is 1. The number of benzene rings is 1. The molecule has 0 aliphatic rings. The summed E-state index contributed by atoms with van der Waals surface area (Å²) in [5, 5.41) is 16.7. The fourth-order valence-electron chi connectivity index (χ4n) is 1.63. The number of hydrogen-bond acceptors (Lipinski definition) is 5. The first-order chi connectivity index (χ1) is 9.49. The molecular formula is C13H13BrN4O2. The summed E-state index contributed by atoms with van der Waals surface area (Å²) in [7, 11) is 1.66. The van der Waals surface area contributed by atoms with E-state index < -0.39 is 4.92 Å². The summed E-state index contributed by atoms with van der Waals surface area (Å²) in [6.07, 6.45) is 0. The van der Waals surface area contributed by atoms with E-state index in [0.717, 1.165) is 15.7 Å². The lowest BCUT2D eigenvalue weighted by atomic mass is 10.2. The van der Waals surface area contributed by atoms with Crippen LogP contribution in [-0.2, 0) is 0 Å². The highest BCUT2D eigenvalue weighted by Gasteiger charge is 2.11. The summed E-state index contributed by atoms with van der Waals surface area (Å²) in [5.74, 6) is 0.854. The molecule has 0 atom stereocenters. The quantitative estimate of drug-likeness (QED) is 0.654. The predicted molar refractivity (Wildman–Crippen MR) is 82.6 cm³/mol. The molecule has 2 rings (SSSR count). The fourth-order valence-corrected chi connectivity index (χ4v) is 2.01. The maximum atomic E-state index is 10.9. The Morgan fingerprint density at radius 3 is 2.55 bits per heavy atom. The van der Waals surface area contributed by atoms with Gasteiger partial charge in [-0.2, -0.15) is 0 Å². The molecule has 0 aliphatic carbocycles. The van der Waals surface area contributed by atoms with Gasteiger partial charge in [0.05, 0.1) is 17.1 Å². The average Bonchev–Trinajstić information content (AvgIpc) is 2.42. The van der Waals surface area contributed by atoms with Crippen LogP contribution in [0.4, 0.5) is 23.0 Å². The molecule has 0 spiro atoms. The molecule has 0 saturated carbocycles. The van der Waals surface area contributed by atoms with Crippen molar-refractivity contribution in [3.8, 4) is 0 Å². The minimum absolute atomic E-state index is 0.0157. The zero-order valence-electron chi connectivity index (χ0n) is 11.0. The third-order valence-electron chi connectivity index (χ3n) is 2.72. The summed E-state index contributed by atoms with van der Waals surface area (Å²) in [6, 6.07) is 8.52. The number of rotatable bonds is 4. The first kappa shape index (κ1) is 14.3. The van der Waals surface area contributed by atoms with E-state index in [1.54, 1.807) is 7.05 Å². The van der Waals surface area contributed by atoms with Gasteiger partial charge in [0.2, 0.25) is 0 Å². The van der Waals surface area contributed by atoms with Crippen molar-refractivity contribution in [3.63, 3.8) is 0 Å². The summed E-state index contributed by atoms with van der Waals surface area (Å²) >= 11 is 3.44. The van der Waals surface area contributed by atoms with Crippen LogP contribution in [0.1, 0.15) is 5.56 Å². The Labute approximate surface area is 124 Å². The largest absolute Gasteiger partial charge is 0.373 e. The van der Waals surface area contributed by atoms with Crippen LogP contribution in [0.5, 0.6) is 0 Å². The number of hydrogen-bond donors (Lipinski definition) is 2. The molecule has 0 saturated heterocycles. The highest BCUT2D eigenvalue weighted by Crippen LogP contribution is 2.26. The van der Waals surface area contributed by atoms with Gasteiger partial charge in [-0.05, 0) is 24.6 Å². The SMILES string of the molecule is CNc1cc([N+](=O)[O-])cc(Nc2ccc(C)c(Br)c2)n1. The number of nitro groups is 1. The van der Waals surface area contributed by atoms with Crippen molar-refractivity contribution in [1.82, 2.24) is 4.98 Å². The Bertz CT molecular complexity index is 661. The van der Waals surface area contributed by atoms with E-state index in [9.17, 15) is 10.1 Å². The van der Waals surface area contributed by atoms with Gasteiger partial charge >= 0.3 is 0 Å². The Hall–Kier alpha value is -2.15. The molecule has 0 aliphatic heterocycles. The van der Waals surface area contributed by atoms with Crippen molar-refractivity contribution in [3.05, 3.63) is 50.5 Å². The van der Waals surface area contributed by atoms with Crippen LogP contribution in [0.25, 0.3) is 0 Å². The number of aromatic nitrogens is 1. The smallest absolute Gasteiger partial charge is 0.276 e. The maximum Gasteiger partial charge on any atom is 0.276 e. The Morgan fingerprint density at radius 1 is 1.25 bits per heavy atom. The molecule has 7 heteroatoms. The Balaban J connectivity index is 2.34. The van der Waals surface area contributed by atoms with Gasteiger partial charge in [-0.25, -0.2) is 4.98 Å². The lowest BCUT2D eigenvalue weighted by Gasteiger charge is -2.09. The monoisotopic (exact) mass is 336 g/mol. The normalized spacial score (nSPS) is 10.2. The second-order valence-electron chi connectivity index (χ2n) is 4.19. The summed E-state index contributed by atoms with van der Waals surface area (Å²) in [6.45, 7) is 1.98. The molecule has 1 aromatic carbocycles. The molecule has 1 heterocycles. The molecule has 6 nitrogen and oxygen atoms in total. The summed E-state index contributed by atoms with van der Waals surface area (Å²) in [4.78, 5) is 14.7. The van der Waals surface area contributed by atoms with Crippen LogP contribution in [0.3, 0.4) is 0 Å². The third kappa shape index (κ3) is 3.24. The fraction of sp³-hybridized carbons (Fsp3) is 0.154. The standard InChI is InChI=1S/C13H13BrN4O2/c1-8-3-4-9(5-11(8)14)16-13-7-10(18(19)20)6-12(15-2)17-13/h3-7H,1-2H3,(H2,15,16,17). The molecule has 0 amide bonds. The first-order valence-electron chi connectivity index (χ1n) is 5.87. The number of anilines is 3. The number of nitrogens with zero attached hydrogens (tertiary/aromatic N) is 2. The van der Waals surface area contributed by atoms with E-state index in [0.29, 0.717) is 11.6 Å². The second kappa shape index (κ2) is 5.87. The van der Waals surface area contributed by atoms with Crippen LogP contribution in [0.15, 0.2) is 34.8 Å². The van der Waals surface area contributed by atoms with Gasteiger partial charge in [0.15, 0.2) is 0 Å². The van der Waals surface area contributed by atoms with Gasteiger partial charge in [-0.1, -0.05) is 22.0 Å².